The molecule has 2 aromatic heterocycles. The number of aromatic nitrogens is 3. The van der Waals surface area contributed by atoms with Gasteiger partial charge < -0.3 is 10.5 Å². The zero-order valence-corrected chi connectivity index (χ0v) is 10.1. The standard InChI is InChI=1S/C13H12N4O/c1-7-3-10(18-2)5-8-4-9-6-15-13(14)17-12(9)16-11(7)8/h3-6H,1-2H3,(H2,14,15,16,17). The highest BCUT2D eigenvalue weighted by Crippen LogP contribution is 2.26. The molecule has 5 heteroatoms. The van der Waals surface area contributed by atoms with E-state index < -0.39 is 0 Å². The Kier molecular flexibility index (Phi) is 2.26. The quantitative estimate of drug-likeness (QED) is 0.659. The third-order valence-corrected chi connectivity index (χ3v) is 2.88. The molecular formula is C13H12N4O. The zero-order chi connectivity index (χ0) is 12.7. The minimum absolute atomic E-state index is 0.237. The summed E-state index contributed by atoms with van der Waals surface area (Å²) in [7, 11) is 1.65. The first-order valence-electron chi connectivity index (χ1n) is 5.55. The number of pyridine rings is 1. The summed E-state index contributed by atoms with van der Waals surface area (Å²) < 4.78 is 5.26. The van der Waals surface area contributed by atoms with Crippen molar-refractivity contribution in [2.24, 2.45) is 0 Å². The van der Waals surface area contributed by atoms with Gasteiger partial charge in [-0.1, -0.05) is 0 Å². The summed E-state index contributed by atoms with van der Waals surface area (Å²) in [5.74, 6) is 1.05. The molecule has 0 radical (unpaired) electrons. The lowest BCUT2D eigenvalue weighted by atomic mass is 10.1. The van der Waals surface area contributed by atoms with Crippen LogP contribution < -0.4 is 10.5 Å². The summed E-state index contributed by atoms with van der Waals surface area (Å²) in [6.07, 6.45) is 1.68. The Hall–Kier alpha value is -2.43. The number of benzene rings is 1. The van der Waals surface area contributed by atoms with E-state index in [-0.39, 0.29) is 5.95 Å². The van der Waals surface area contributed by atoms with E-state index in [0.717, 1.165) is 27.6 Å². The van der Waals surface area contributed by atoms with Gasteiger partial charge in [-0.05, 0) is 30.7 Å². The number of anilines is 1. The summed E-state index contributed by atoms with van der Waals surface area (Å²) in [5.41, 5.74) is 8.13. The van der Waals surface area contributed by atoms with Crippen LogP contribution in [0, 0.1) is 6.92 Å². The lowest BCUT2D eigenvalue weighted by Gasteiger charge is -2.07. The molecule has 90 valence electrons. The highest BCUT2D eigenvalue weighted by atomic mass is 16.5. The molecule has 0 bridgehead atoms. The molecule has 2 heterocycles. The number of fused-ring (bicyclic) bond motifs is 2. The topological polar surface area (TPSA) is 73.9 Å². The molecule has 0 aliphatic heterocycles. The van der Waals surface area contributed by atoms with Crippen LogP contribution >= 0.6 is 0 Å². The van der Waals surface area contributed by atoms with Gasteiger partial charge in [0.1, 0.15) is 5.75 Å². The van der Waals surface area contributed by atoms with Gasteiger partial charge in [-0.15, -0.1) is 0 Å². The van der Waals surface area contributed by atoms with Crippen LogP contribution in [0.4, 0.5) is 5.95 Å². The minimum Gasteiger partial charge on any atom is -0.497 e. The normalized spacial score (nSPS) is 11.0. The van der Waals surface area contributed by atoms with Crippen molar-refractivity contribution in [3.63, 3.8) is 0 Å². The molecule has 3 aromatic rings. The van der Waals surface area contributed by atoms with Crippen molar-refractivity contribution in [3.8, 4) is 5.75 Å². The lowest BCUT2D eigenvalue weighted by Crippen LogP contribution is -1.96. The SMILES string of the molecule is COc1cc(C)c2nc3nc(N)ncc3cc2c1. The van der Waals surface area contributed by atoms with Crippen molar-refractivity contribution in [2.75, 3.05) is 12.8 Å². The van der Waals surface area contributed by atoms with E-state index in [4.69, 9.17) is 10.5 Å². The van der Waals surface area contributed by atoms with Gasteiger partial charge in [-0.25, -0.2) is 9.97 Å². The molecule has 18 heavy (non-hydrogen) atoms. The highest BCUT2D eigenvalue weighted by Gasteiger charge is 2.06. The van der Waals surface area contributed by atoms with Crippen LogP contribution in [0.15, 0.2) is 24.4 Å². The second-order valence-electron chi connectivity index (χ2n) is 4.15. The summed E-state index contributed by atoms with van der Waals surface area (Å²) in [6.45, 7) is 1.99. The van der Waals surface area contributed by atoms with Crippen LogP contribution in [0.2, 0.25) is 0 Å². The van der Waals surface area contributed by atoms with Crippen molar-refractivity contribution < 1.29 is 4.74 Å². The molecule has 3 rings (SSSR count). The number of ether oxygens (including phenoxy) is 1. The smallest absolute Gasteiger partial charge is 0.222 e. The fraction of sp³-hybridized carbons (Fsp3) is 0.154. The van der Waals surface area contributed by atoms with E-state index in [0.29, 0.717) is 5.65 Å². The minimum atomic E-state index is 0.237. The fourth-order valence-electron chi connectivity index (χ4n) is 2.01. The van der Waals surface area contributed by atoms with Gasteiger partial charge in [0.05, 0.1) is 12.6 Å². The van der Waals surface area contributed by atoms with Crippen molar-refractivity contribution in [1.82, 2.24) is 15.0 Å². The van der Waals surface area contributed by atoms with Gasteiger partial charge in [0.15, 0.2) is 5.65 Å². The summed E-state index contributed by atoms with van der Waals surface area (Å²) in [5, 5.41) is 1.87. The fourth-order valence-corrected chi connectivity index (χ4v) is 2.01. The van der Waals surface area contributed by atoms with Crippen LogP contribution in [-0.4, -0.2) is 22.1 Å². The molecule has 0 saturated heterocycles. The van der Waals surface area contributed by atoms with Gasteiger partial charge >= 0.3 is 0 Å². The molecule has 0 aliphatic carbocycles. The Morgan fingerprint density at radius 3 is 2.72 bits per heavy atom. The van der Waals surface area contributed by atoms with Crippen LogP contribution in [-0.2, 0) is 0 Å². The zero-order valence-electron chi connectivity index (χ0n) is 10.1. The predicted molar refractivity (Wildman–Crippen MR) is 70.5 cm³/mol. The molecule has 2 N–H and O–H groups in total. The van der Waals surface area contributed by atoms with Gasteiger partial charge in [-0.2, -0.15) is 4.98 Å². The van der Waals surface area contributed by atoms with E-state index in [9.17, 15) is 0 Å². The summed E-state index contributed by atoms with van der Waals surface area (Å²) in [4.78, 5) is 12.6. The van der Waals surface area contributed by atoms with Crippen LogP contribution in [0.3, 0.4) is 0 Å². The maximum absolute atomic E-state index is 5.57. The second kappa shape index (κ2) is 3.80. The van der Waals surface area contributed by atoms with Crippen molar-refractivity contribution in [3.05, 3.63) is 30.0 Å². The first-order valence-corrected chi connectivity index (χ1v) is 5.55. The third-order valence-electron chi connectivity index (χ3n) is 2.88. The maximum Gasteiger partial charge on any atom is 0.222 e. The van der Waals surface area contributed by atoms with Crippen LogP contribution in [0.5, 0.6) is 5.75 Å². The largest absolute Gasteiger partial charge is 0.497 e. The Balaban J connectivity index is 2.41. The summed E-state index contributed by atoms with van der Waals surface area (Å²) in [6, 6.07) is 5.89. The average Bonchev–Trinajstić information content (AvgIpc) is 2.37. The van der Waals surface area contributed by atoms with Crippen LogP contribution in [0.1, 0.15) is 5.56 Å². The molecular weight excluding hydrogens is 228 g/mol. The van der Waals surface area contributed by atoms with Crippen molar-refractivity contribution >= 4 is 27.9 Å². The van der Waals surface area contributed by atoms with Crippen LogP contribution in [0.25, 0.3) is 21.9 Å². The molecule has 0 fully saturated rings. The molecule has 0 amide bonds. The number of hydrogen-bond donors (Lipinski definition) is 1. The Bertz CT molecular complexity index is 755. The molecule has 0 aliphatic rings. The number of hydrogen-bond acceptors (Lipinski definition) is 5. The van der Waals surface area contributed by atoms with Crippen molar-refractivity contribution in [2.45, 2.75) is 6.92 Å². The number of methoxy groups -OCH3 is 1. The van der Waals surface area contributed by atoms with Gasteiger partial charge in [0, 0.05) is 17.0 Å². The number of nitrogens with two attached hydrogens (primary N) is 1. The highest BCUT2D eigenvalue weighted by molar-refractivity contribution is 5.93. The molecule has 0 saturated carbocycles. The number of nitrogen functional groups attached to an aromatic ring is 1. The van der Waals surface area contributed by atoms with E-state index in [1.807, 2.05) is 25.1 Å². The van der Waals surface area contributed by atoms with Gasteiger partial charge in [0.25, 0.3) is 0 Å². The third kappa shape index (κ3) is 1.60. The number of nitrogens with zero attached hydrogens (tertiary/aromatic N) is 3. The second-order valence-corrected chi connectivity index (χ2v) is 4.15. The predicted octanol–water partition coefficient (Wildman–Crippen LogP) is 2.08. The number of aryl methyl sites for hydroxylation is 1. The molecule has 1 aromatic carbocycles. The molecule has 0 unspecified atom stereocenters. The number of rotatable bonds is 1. The Morgan fingerprint density at radius 2 is 1.94 bits per heavy atom. The molecule has 0 atom stereocenters. The van der Waals surface area contributed by atoms with E-state index in [1.165, 1.54) is 0 Å². The van der Waals surface area contributed by atoms with E-state index in [1.54, 1.807) is 13.3 Å². The average molecular weight is 240 g/mol. The van der Waals surface area contributed by atoms with Crippen molar-refractivity contribution in [1.29, 1.82) is 0 Å². The molecule has 5 nitrogen and oxygen atoms in total. The first-order chi connectivity index (χ1) is 8.67. The Labute approximate surface area is 104 Å². The van der Waals surface area contributed by atoms with Gasteiger partial charge in [0.2, 0.25) is 5.95 Å². The lowest BCUT2D eigenvalue weighted by molar-refractivity contribution is 0.415. The monoisotopic (exact) mass is 240 g/mol. The van der Waals surface area contributed by atoms with E-state index in [2.05, 4.69) is 15.0 Å². The maximum atomic E-state index is 5.57. The summed E-state index contributed by atoms with van der Waals surface area (Å²) >= 11 is 0. The molecule has 0 spiro atoms. The van der Waals surface area contributed by atoms with E-state index >= 15 is 0 Å². The van der Waals surface area contributed by atoms with Gasteiger partial charge in [-0.3, -0.25) is 0 Å². The first kappa shape index (κ1) is 10.7. The Morgan fingerprint density at radius 1 is 1.11 bits per heavy atom.